The number of nitrogens with zero attached hydrogens (tertiary/aromatic N) is 2. The number of aliphatic hydroxyl groups is 1. The summed E-state index contributed by atoms with van der Waals surface area (Å²) in [5.74, 6) is 0. The minimum atomic E-state index is -0.0544. The first kappa shape index (κ1) is 7.12. The Morgan fingerprint density at radius 1 is 1.58 bits per heavy atom. The second-order valence-electron chi connectivity index (χ2n) is 2.58. The number of hydrogen-bond acceptors (Lipinski definition) is 3. The van der Waals surface area contributed by atoms with Crippen molar-refractivity contribution in [3.8, 4) is 0 Å². The Balaban J connectivity index is 2.74. The Labute approximate surface area is 69.3 Å². The molecule has 2 rings (SSSR count). The molecule has 62 valence electrons. The number of imidazole rings is 1. The first-order chi connectivity index (χ1) is 5.81. The summed E-state index contributed by atoms with van der Waals surface area (Å²) in [6.45, 7) is -0.0544. The van der Waals surface area contributed by atoms with Crippen LogP contribution in [0.5, 0.6) is 0 Å². The summed E-state index contributed by atoms with van der Waals surface area (Å²) in [4.78, 5) is 4.12. The molecule has 4 nitrogen and oxygen atoms in total. The molecule has 0 spiro atoms. The second-order valence-corrected chi connectivity index (χ2v) is 2.58. The quantitative estimate of drug-likeness (QED) is 0.640. The molecule has 0 bridgehead atoms. The second kappa shape index (κ2) is 2.49. The number of pyridine rings is 1. The molecule has 0 unspecified atom stereocenters. The van der Waals surface area contributed by atoms with Gasteiger partial charge in [-0.1, -0.05) is 0 Å². The van der Waals surface area contributed by atoms with E-state index in [1.54, 1.807) is 16.7 Å². The van der Waals surface area contributed by atoms with Crippen LogP contribution >= 0.6 is 0 Å². The molecule has 0 fully saturated rings. The molecule has 2 heterocycles. The molecule has 2 aromatic rings. The first-order valence-electron chi connectivity index (χ1n) is 3.64. The standard InChI is InChI=1S/C8H9N3O/c9-7-2-1-3-11-4-6(5-12)10-8(7)11/h1-4,12H,5,9H2. The first-order valence-corrected chi connectivity index (χ1v) is 3.64. The van der Waals surface area contributed by atoms with E-state index >= 15 is 0 Å². The molecule has 12 heavy (non-hydrogen) atoms. The monoisotopic (exact) mass is 163 g/mol. The van der Waals surface area contributed by atoms with Crippen LogP contribution in [0.15, 0.2) is 24.5 Å². The lowest BCUT2D eigenvalue weighted by Crippen LogP contribution is -1.90. The molecule has 0 radical (unpaired) electrons. The third-order valence-corrected chi connectivity index (χ3v) is 1.72. The van der Waals surface area contributed by atoms with Gasteiger partial charge in [0.2, 0.25) is 0 Å². The van der Waals surface area contributed by atoms with E-state index in [0.29, 0.717) is 17.0 Å². The highest BCUT2D eigenvalue weighted by molar-refractivity contribution is 5.64. The summed E-state index contributed by atoms with van der Waals surface area (Å²) in [5, 5.41) is 8.81. The van der Waals surface area contributed by atoms with Gasteiger partial charge >= 0.3 is 0 Å². The number of fused-ring (bicyclic) bond motifs is 1. The third-order valence-electron chi connectivity index (χ3n) is 1.72. The number of aromatic nitrogens is 2. The summed E-state index contributed by atoms with van der Waals surface area (Å²) in [6, 6.07) is 3.62. The topological polar surface area (TPSA) is 63.5 Å². The molecule has 2 aromatic heterocycles. The SMILES string of the molecule is Nc1cccn2cc(CO)nc12. The van der Waals surface area contributed by atoms with E-state index in [0.717, 1.165) is 0 Å². The van der Waals surface area contributed by atoms with Gasteiger partial charge in [0.05, 0.1) is 18.0 Å². The van der Waals surface area contributed by atoms with Crippen LogP contribution in [-0.4, -0.2) is 14.5 Å². The summed E-state index contributed by atoms with van der Waals surface area (Å²) in [7, 11) is 0. The van der Waals surface area contributed by atoms with E-state index in [1.807, 2.05) is 12.3 Å². The van der Waals surface area contributed by atoms with Crippen molar-refractivity contribution < 1.29 is 5.11 Å². The van der Waals surface area contributed by atoms with Crippen LogP contribution < -0.4 is 5.73 Å². The average molecular weight is 163 g/mol. The fourth-order valence-electron chi connectivity index (χ4n) is 1.16. The largest absolute Gasteiger partial charge is 0.396 e. The van der Waals surface area contributed by atoms with Crippen molar-refractivity contribution in [1.29, 1.82) is 0 Å². The summed E-state index contributed by atoms with van der Waals surface area (Å²) < 4.78 is 1.79. The maximum atomic E-state index is 8.81. The molecule has 0 saturated heterocycles. The van der Waals surface area contributed by atoms with Gasteiger partial charge in [-0.2, -0.15) is 0 Å². The lowest BCUT2D eigenvalue weighted by molar-refractivity contribution is 0.277. The molecular weight excluding hydrogens is 154 g/mol. The fraction of sp³-hybridized carbons (Fsp3) is 0.125. The molecule has 0 aromatic carbocycles. The van der Waals surface area contributed by atoms with Crippen molar-refractivity contribution in [1.82, 2.24) is 9.38 Å². The number of anilines is 1. The van der Waals surface area contributed by atoms with Crippen molar-refractivity contribution >= 4 is 11.3 Å². The van der Waals surface area contributed by atoms with Crippen LogP contribution in [0.25, 0.3) is 5.65 Å². The van der Waals surface area contributed by atoms with Gasteiger partial charge in [0.1, 0.15) is 0 Å². The number of aliphatic hydroxyl groups excluding tert-OH is 1. The zero-order valence-corrected chi connectivity index (χ0v) is 6.44. The van der Waals surface area contributed by atoms with Crippen molar-refractivity contribution in [3.05, 3.63) is 30.2 Å². The van der Waals surface area contributed by atoms with E-state index in [2.05, 4.69) is 4.98 Å². The van der Waals surface area contributed by atoms with Crippen LogP contribution in [-0.2, 0) is 6.61 Å². The normalized spacial score (nSPS) is 10.8. The number of nitrogen functional groups attached to an aromatic ring is 1. The highest BCUT2D eigenvalue weighted by Crippen LogP contribution is 2.11. The van der Waals surface area contributed by atoms with E-state index in [9.17, 15) is 0 Å². The van der Waals surface area contributed by atoms with Gasteiger partial charge in [0, 0.05) is 12.4 Å². The number of rotatable bonds is 1. The summed E-state index contributed by atoms with van der Waals surface area (Å²) in [6.07, 6.45) is 3.60. The van der Waals surface area contributed by atoms with Crippen LogP contribution in [0.1, 0.15) is 5.69 Å². The van der Waals surface area contributed by atoms with Gasteiger partial charge in [-0.3, -0.25) is 0 Å². The van der Waals surface area contributed by atoms with Gasteiger partial charge in [0.25, 0.3) is 0 Å². The summed E-state index contributed by atoms with van der Waals surface area (Å²) in [5.41, 5.74) is 7.61. The van der Waals surface area contributed by atoms with Gasteiger partial charge in [-0.15, -0.1) is 0 Å². The maximum absolute atomic E-state index is 8.81. The smallest absolute Gasteiger partial charge is 0.160 e. The van der Waals surface area contributed by atoms with Crippen LogP contribution in [0.4, 0.5) is 5.69 Å². The Hall–Kier alpha value is -1.55. The lowest BCUT2D eigenvalue weighted by atomic mass is 10.4. The Bertz CT molecular complexity index is 408. The Kier molecular flexibility index (Phi) is 1.48. The van der Waals surface area contributed by atoms with E-state index in [-0.39, 0.29) is 6.61 Å². The minimum Gasteiger partial charge on any atom is -0.396 e. The predicted molar refractivity (Wildman–Crippen MR) is 45.5 cm³/mol. The molecular formula is C8H9N3O. The van der Waals surface area contributed by atoms with Crippen LogP contribution in [0, 0.1) is 0 Å². The minimum absolute atomic E-state index is 0.0544. The number of nitrogens with two attached hydrogens (primary N) is 1. The third kappa shape index (κ3) is 0.931. The van der Waals surface area contributed by atoms with Crippen molar-refractivity contribution in [2.75, 3.05) is 5.73 Å². The number of hydrogen-bond donors (Lipinski definition) is 2. The van der Waals surface area contributed by atoms with Gasteiger partial charge in [-0.05, 0) is 12.1 Å². The van der Waals surface area contributed by atoms with Crippen LogP contribution in [0.2, 0.25) is 0 Å². The van der Waals surface area contributed by atoms with E-state index in [4.69, 9.17) is 10.8 Å². The zero-order valence-electron chi connectivity index (χ0n) is 6.44. The Morgan fingerprint density at radius 3 is 3.08 bits per heavy atom. The van der Waals surface area contributed by atoms with Crippen LogP contribution in [0.3, 0.4) is 0 Å². The molecule has 0 amide bonds. The molecule has 4 heteroatoms. The lowest BCUT2D eigenvalue weighted by Gasteiger charge is -1.94. The fourth-order valence-corrected chi connectivity index (χ4v) is 1.16. The van der Waals surface area contributed by atoms with Crippen molar-refractivity contribution in [3.63, 3.8) is 0 Å². The molecule has 0 aliphatic rings. The molecule has 0 aliphatic heterocycles. The van der Waals surface area contributed by atoms with Crippen molar-refractivity contribution in [2.45, 2.75) is 6.61 Å². The predicted octanol–water partition coefficient (Wildman–Crippen LogP) is 0.409. The van der Waals surface area contributed by atoms with Crippen molar-refractivity contribution in [2.24, 2.45) is 0 Å². The highest BCUT2D eigenvalue weighted by Gasteiger charge is 2.01. The van der Waals surface area contributed by atoms with Gasteiger partial charge in [-0.25, -0.2) is 4.98 Å². The van der Waals surface area contributed by atoms with Gasteiger partial charge in [0.15, 0.2) is 5.65 Å². The van der Waals surface area contributed by atoms with E-state index < -0.39 is 0 Å². The Morgan fingerprint density at radius 2 is 2.42 bits per heavy atom. The summed E-state index contributed by atoms with van der Waals surface area (Å²) >= 11 is 0. The maximum Gasteiger partial charge on any atom is 0.160 e. The van der Waals surface area contributed by atoms with E-state index in [1.165, 1.54) is 0 Å². The van der Waals surface area contributed by atoms with Gasteiger partial charge < -0.3 is 15.2 Å². The molecule has 0 atom stereocenters. The highest BCUT2D eigenvalue weighted by atomic mass is 16.3. The molecule has 3 N–H and O–H groups in total. The average Bonchev–Trinajstić information content (AvgIpc) is 2.49. The zero-order chi connectivity index (χ0) is 8.55. The molecule has 0 aliphatic carbocycles. The molecule has 0 saturated carbocycles.